The molecule has 2 atom stereocenters. The van der Waals surface area contributed by atoms with Gasteiger partial charge in [-0.15, -0.1) is 0 Å². The summed E-state index contributed by atoms with van der Waals surface area (Å²) in [4.78, 5) is 51.7. The second-order valence-corrected chi connectivity index (χ2v) is 13.9. The number of aromatic amines is 1. The van der Waals surface area contributed by atoms with Gasteiger partial charge in [0.1, 0.15) is 16.8 Å². The van der Waals surface area contributed by atoms with Crippen molar-refractivity contribution in [3.8, 4) is 11.1 Å². The number of carboxylic acids is 1. The molecule has 4 aromatic heterocycles. The van der Waals surface area contributed by atoms with Crippen molar-refractivity contribution in [3.05, 3.63) is 69.8 Å². The number of carboxylic acid groups (broad SMARTS) is 1. The standard InChI is InChI=1S/C35H36F2N6O5/c1-17-11-19(15-43-23(17)8-7-20(32(43)44)33(45)46)21-13-38-31-27(30(21)42-10-9-18-14-40(5)16-25(18)42)26-28(37)22(36)12-24(29(26)39-31)41(6)34(47)48-35(2,3)4/h7-8,11-13,15,18,25H,9-10,14,16H2,1-6H3,(H,38,39)(H,45,46)/t18-,25+/m1/s1. The van der Waals surface area contributed by atoms with Crippen LogP contribution in [0.15, 0.2) is 41.5 Å². The maximum Gasteiger partial charge on any atom is 0.414 e. The highest BCUT2D eigenvalue weighted by molar-refractivity contribution is 6.19. The van der Waals surface area contributed by atoms with Gasteiger partial charge in [-0.05, 0) is 70.8 Å². The minimum absolute atomic E-state index is 0.0580. The van der Waals surface area contributed by atoms with E-state index in [0.717, 1.165) is 30.5 Å². The molecule has 2 N–H and O–H groups in total. The van der Waals surface area contributed by atoms with Crippen molar-refractivity contribution in [1.82, 2.24) is 19.3 Å². The smallest absolute Gasteiger partial charge is 0.414 e. The van der Waals surface area contributed by atoms with E-state index >= 15 is 8.78 Å². The van der Waals surface area contributed by atoms with Gasteiger partial charge in [-0.1, -0.05) is 0 Å². The Balaban J connectivity index is 1.54. The number of hydrogen-bond donors (Lipinski definition) is 2. The molecule has 0 unspecified atom stereocenters. The Morgan fingerprint density at radius 2 is 1.90 bits per heavy atom. The van der Waals surface area contributed by atoms with Gasteiger partial charge in [-0.2, -0.15) is 0 Å². The molecule has 13 heteroatoms. The molecule has 11 nitrogen and oxygen atoms in total. The molecule has 5 aromatic rings. The molecule has 0 radical (unpaired) electrons. The molecule has 0 aliphatic carbocycles. The fraction of sp³-hybridized carbons (Fsp3) is 0.371. The number of H-pyrrole nitrogens is 1. The van der Waals surface area contributed by atoms with Gasteiger partial charge in [-0.3, -0.25) is 14.1 Å². The van der Waals surface area contributed by atoms with Crippen LogP contribution in [-0.4, -0.2) is 81.8 Å². The molecule has 0 spiro atoms. The third kappa shape index (κ3) is 4.95. The maximum atomic E-state index is 16.2. The SMILES string of the molecule is Cc1cc(-c2cnc3[nH]c4c(N(C)C(=O)OC(C)(C)C)cc(F)c(F)c4c3c2N2CC[C@@H]3CN(C)C[C@@H]32)cn2c(=O)c(C(=O)O)ccc12. The summed E-state index contributed by atoms with van der Waals surface area (Å²) < 4.78 is 38.6. The van der Waals surface area contributed by atoms with Gasteiger partial charge >= 0.3 is 12.1 Å². The van der Waals surface area contributed by atoms with Crippen LogP contribution in [0.5, 0.6) is 0 Å². The van der Waals surface area contributed by atoms with Crippen LogP contribution in [0, 0.1) is 24.5 Å². The number of carbonyl (C=O) groups excluding carboxylic acids is 1. The number of nitrogens with zero attached hydrogens (tertiary/aromatic N) is 5. The molecule has 0 bridgehead atoms. The van der Waals surface area contributed by atoms with Crippen LogP contribution in [0.4, 0.5) is 25.0 Å². The summed E-state index contributed by atoms with van der Waals surface area (Å²) >= 11 is 0. The van der Waals surface area contributed by atoms with Crippen LogP contribution < -0.4 is 15.4 Å². The van der Waals surface area contributed by atoms with Gasteiger partial charge < -0.3 is 24.6 Å². The normalized spacial score (nSPS) is 18.3. The highest BCUT2D eigenvalue weighted by Crippen LogP contribution is 2.47. The molecular weight excluding hydrogens is 622 g/mol. The predicted octanol–water partition coefficient (Wildman–Crippen LogP) is 5.79. The summed E-state index contributed by atoms with van der Waals surface area (Å²) in [6, 6.07) is 5.80. The van der Waals surface area contributed by atoms with E-state index in [-0.39, 0.29) is 28.2 Å². The van der Waals surface area contributed by atoms with E-state index in [4.69, 9.17) is 4.74 Å². The number of ether oxygens (including phenoxy) is 1. The zero-order chi connectivity index (χ0) is 34.4. The molecule has 250 valence electrons. The Morgan fingerprint density at radius 3 is 2.60 bits per heavy atom. The third-order valence-electron chi connectivity index (χ3n) is 9.49. The minimum atomic E-state index is -1.34. The number of carbonyl (C=O) groups is 2. The molecule has 6 heterocycles. The number of likely N-dealkylation sites (N-methyl/N-ethyl adjacent to an activating group) is 1. The topological polar surface area (TPSA) is 123 Å². The van der Waals surface area contributed by atoms with Crippen molar-refractivity contribution in [1.29, 1.82) is 0 Å². The Kier molecular flexibility index (Phi) is 7.24. The number of aromatic carboxylic acids is 1. The summed E-state index contributed by atoms with van der Waals surface area (Å²) in [5, 5.41) is 9.92. The molecule has 1 aromatic carbocycles. The Morgan fingerprint density at radius 1 is 1.15 bits per heavy atom. The highest BCUT2D eigenvalue weighted by atomic mass is 19.2. The second kappa shape index (κ2) is 11.0. The van der Waals surface area contributed by atoms with Gasteiger partial charge in [0.2, 0.25) is 0 Å². The van der Waals surface area contributed by atoms with E-state index in [2.05, 4.69) is 26.8 Å². The number of aryl methyl sites for hydroxylation is 1. The van der Waals surface area contributed by atoms with Crippen LogP contribution in [-0.2, 0) is 4.74 Å². The second-order valence-electron chi connectivity index (χ2n) is 13.9. The minimum Gasteiger partial charge on any atom is -0.477 e. The summed E-state index contributed by atoms with van der Waals surface area (Å²) in [7, 11) is 3.49. The first-order chi connectivity index (χ1) is 22.6. The fourth-order valence-electron chi connectivity index (χ4n) is 7.37. The van der Waals surface area contributed by atoms with E-state index < -0.39 is 34.9 Å². The van der Waals surface area contributed by atoms with Crippen molar-refractivity contribution in [2.24, 2.45) is 5.92 Å². The Bertz CT molecular complexity index is 2240. The fourth-order valence-corrected chi connectivity index (χ4v) is 7.37. The highest BCUT2D eigenvalue weighted by Gasteiger charge is 2.42. The average molecular weight is 659 g/mol. The van der Waals surface area contributed by atoms with Gasteiger partial charge in [0.05, 0.1) is 33.2 Å². The van der Waals surface area contributed by atoms with Gasteiger partial charge in [0.25, 0.3) is 5.56 Å². The van der Waals surface area contributed by atoms with Crippen molar-refractivity contribution < 1.29 is 28.2 Å². The van der Waals surface area contributed by atoms with Crippen molar-refractivity contribution in [2.45, 2.75) is 45.8 Å². The summed E-state index contributed by atoms with van der Waals surface area (Å²) in [5.41, 5.74) is 1.68. The van der Waals surface area contributed by atoms with Crippen molar-refractivity contribution in [3.63, 3.8) is 0 Å². The van der Waals surface area contributed by atoms with Crippen LogP contribution in [0.25, 0.3) is 38.6 Å². The molecule has 7 rings (SSSR count). The number of aromatic nitrogens is 3. The molecule has 2 saturated heterocycles. The largest absolute Gasteiger partial charge is 0.477 e. The molecule has 2 aliphatic heterocycles. The third-order valence-corrected chi connectivity index (χ3v) is 9.49. The Hall–Kier alpha value is -5.04. The van der Waals surface area contributed by atoms with E-state index in [0.29, 0.717) is 51.4 Å². The van der Waals surface area contributed by atoms with Crippen LogP contribution in [0.2, 0.25) is 0 Å². The number of amides is 1. The Labute approximate surface area is 274 Å². The molecular formula is C35H36F2N6O5. The zero-order valence-electron chi connectivity index (χ0n) is 27.5. The quantitative estimate of drug-likeness (QED) is 0.249. The van der Waals surface area contributed by atoms with Crippen LogP contribution >= 0.6 is 0 Å². The lowest BCUT2D eigenvalue weighted by atomic mass is 9.99. The first kappa shape index (κ1) is 31.6. The van der Waals surface area contributed by atoms with E-state index in [1.807, 2.05) is 13.0 Å². The molecule has 2 aliphatic rings. The first-order valence-corrected chi connectivity index (χ1v) is 15.8. The van der Waals surface area contributed by atoms with Crippen molar-refractivity contribution in [2.75, 3.05) is 43.5 Å². The monoisotopic (exact) mass is 658 g/mol. The number of rotatable bonds is 4. The molecule has 2 fully saturated rings. The number of pyridine rings is 3. The zero-order valence-corrected chi connectivity index (χ0v) is 27.5. The van der Waals surface area contributed by atoms with Gasteiger partial charge in [-0.25, -0.2) is 23.4 Å². The van der Waals surface area contributed by atoms with Gasteiger partial charge in [0, 0.05) is 62.3 Å². The molecule has 1 amide bonds. The number of benzene rings is 1. The van der Waals surface area contributed by atoms with E-state index in [1.54, 1.807) is 39.2 Å². The van der Waals surface area contributed by atoms with E-state index in [9.17, 15) is 19.5 Å². The molecule has 0 saturated carbocycles. The van der Waals surface area contributed by atoms with Crippen molar-refractivity contribution >= 4 is 50.9 Å². The predicted molar refractivity (Wildman–Crippen MR) is 179 cm³/mol. The summed E-state index contributed by atoms with van der Waals surface area (Å²) in [5.74, 6) is -3.21. The van der Waals surface area contributed by atoms with Crippen LogP contribution in [0.3, 0.4) is 0 Å². The number of nitrogens with one attached hydrogen (secondary N) is 1. The first-order valence-electron chi connectivity index (χ1n) is 15.8. The number of halogens is 2. The summed E-state index contributed by atoms with van der Waals surface area (Å²) in [6.07, 6.45) is 3.36. The van der Waals surface area contributed by atoms with Gasteiger partial charge in [0.15, 0.2) is 11.6 Å². The average Bonchev–Trinajstić information content (AvgIpc) is 3.69. The lowest BCUT2D eigenvalue weighted by Gasteiger charge is -2.29. The number of likely N-dealkylation sites (tertiary alicyclic amines) is 1. The lowest BCUT2D eigenvalue weighted by molar-refractivity contribution is 0.0588. The number of hydrogen-bond acceptors (Lipinski definition) is 7. The lowest BCUT2D eigenvalue weighted by Crippen LogP contribution is -2.35. The number of fused-ring (bicyclic) bond motifs is 5. The van der Waals surface area contributed by atoms with E-state index in [1.165, 1.54) is 17.5 Å². The molecule has 48 heavy (non-hydrogen) atoms. The number of anilines is 2. The van der Waals surface area contributed by atoms with Crippen LogP contribution in [0.1, 0.15) is 43.1 Å². The maximum absolute atomic E-state index is 16.2. The summed E-state index contributed by atoms with van der Waals surface area (Å²) in [6.45, 7) is 9.28.